The van der Waals surface area contributed by atoms with E-state index in [0.717, 1.165) is 56.8 Å². The number of piperidine rings is 1. The quantitative estimate of drug-likeness (QED) is 0.813. The van der Waals surface area contributed by atoms with E-state index in [0.29, 0.717) is 5.92 Å². The molecule has 6 heteroatoms. The lowest BCUT2D eigenvalue weighted by atomic mass is 9.95. The van der Waals surface area contributed by atoms with Crippen molar-refractivity contribution in [3.8, 4) is 0 Å². The van der Waals surface area contributed by atoms with Crippen LogP contribution in [0.2, 0.25) is 0 Å². The molecule has 1 fully saturated rings. The van der Waals surface area contributed by atoms with Crippen molar-refractivity contribution in [2.75, 3.05) is 33.7 Å². The number of aromatic nitrogens is 2. The molecule has 2 heterocycles. The summed E-state index contributed by atoms with van der Waals surface area (Å²) in [5.74, 6) is 1.60. The standard InChI is InChI=1S/C21H31N5O/c1-24(2)12-6-13-25-16-11-23-20(25)18-9-14-26(15-10-18)21(27)19(22)17-7-4-3-5-8-17/h3-5,7-8,11,16,18-19H,6,9-10,12-15,22H2,1-2H3. The Morgan fingerprint density at radius 1 is 1.26 bits per heavy atom. The summed E-state index contributed by atoms with van der Waals surface area (Å²) in [7, 11) is 4.20. The van der Waals surface area contributed by atoms with Gasteiger partial charge in [0.15, 0.2) is 0 Å². The zero-order chi connectivity index (χ0) is 19.2. The Hall–Kier alpha value is -2.18. The molecule has 1 saturated heterocycles. The van der Waals surface area contributed by atoms with Crippen molar-refractivity contribution in [2.45, 2.75) is 37.8 Å². The zero-order valence-electron chi connectivity index (χ0n) is 16.4. The first-order valence-corrected chi connectivity index (χ1v) is 9.81. The molecule has 2 aromatic rings. The fourth-order valence-electron chi connectivity index (χ4n) is 3.78. The van der Waals surface area contributed by atoms with Crippen LogP contribution in [0.3, 0.4) is 0 Å². The van der Waals surface area contributed by atoms with E-state index in [-0.39, 0.29) is 5.91 Å². The molecule has 1 aliphatic rings. The van der Waals surface area contributed by atoms with E-state index >= 15 is 0 Å². The van der Waals surface area contributed by atoms with Gasteiger partial charge in [-0.3, -0.25) is 4.79 Å². The van der Waals surface area contributed by atoms with Crippen LogP contribution in [0.5, 0.6) is 0 Å². The predicted molar refractivity (Wildman–Crippen MR) is 107 cm³/mol. The van der Waals surface area contributed by atoms with Gasteiger partial charge in [0.05, 0.1) is 0 Å². The molecule has 2 N–H and O–H groups in total. The van der Waals surface area contributed by atoms with Crippen LogP contribution in [-0.4, -0.2) is 59.0 Å². The lowest BCUT2D eigenvalue weighted by Crippen LogP contribution is -2.43. The minimum Gasteiger partial charge on any atom is -0.341 e. The van der Waals surface area contributed by atoms with Crippen LogP contribution < -0.4 is 5.73 Å². The van der Waals surface area contributed by atoms with Crippen LogP contribution in [0.1, 0.15) is 42.6 Å². The number of hydrogen-bond donors (Lipinski definition) is 1. The lowest BCUT2D eigenvalue weighted by Gasteiger charge is -2.33. The van der Waals surface area contributed by atoms with Crippen molar-refractivity contribution in [1.29, 1.82) is 0 Å². The number of benzene rings is 1. The summed E-state index contributed by atoms with van der Waals surface area (Å²) in [6.07, 6.45) is 6.97. The fourth-order valence-corrected chi connectivity index (χ4v) is 3.78. The number of nitrogens with zero attached hydrogens (tertiary/aromatic N) is 4. The van der Waals surface area contributed by atoms with Gasteiger partial charge in [-0.1, -0.05) is 30.3 Å². The SMILES string of the molecule is CN(C)CCCn1ccnc1C1CCN(C(=O)C(N)c2ccccc2)CC1. The summed E-state index contributed by atoms with van der Waals surface area (Å²) in [6.45, 7) is 3.55. The first-order chi connectivity index (χ1) is 13.1. The number of carbonyl (C=O) groups is 1. The Balaban J connectivity index is 1.55. The molecule has 6 nitrogen and oxygen atoms in total. The fraction of sp³-hybridized carbons (Fsp3) is 0.524. The van der Waals surface area contributed by atoms with Crippen molar-refractivity contribution in [3.05, 3.63) is 54.1 Å². The zero-order valence-corrected chi connectivity index (χ0v) is 16.4. The van der Waals surface area contributed by atoms with Crippen molar-refractivity contribution in [2.24, 2.45) is 5.73 Å². The number of rotatable bonds is 7. The Bertz CT molecular complexity index is 719. The van der Waals surface area contributed by atoms with E-state index in [4.69, 9.17) is 5.73 Å². The van der Waals surface area contributed by atoms with Gasteiger partial charge in [0.2, 0.25) is 5.91 Å². The molecule has 1 atom stereocenters. The van der Waals surface area contributed by atoms with Gasteiger partial charge >= 0.3 is 0 Å². The third kappa shape index (κ3) is 4.96. The summed E-state index contributed by atoms with van der Waals surface area (Å²) in [6, 6.07) is 9.04. The minimum atomic E-state index is -0.573. The van der Waals surface area contributed by atoms with Gasteiger partial charge in [0.1, 0.15) is 11.9 Å². The molecule has 0 aliphatic carbocycles. The van der Waals surface area contributed by atoms with Crippen LogP contribution in [0.25, 0.3) is 0 Å². The van der Waals surface area contributed by atoms with E-state index < -0.39 is 6.04 Å². The molecule has 1 amide bonds. The average Bonchev–Trinajstić information content (AvgIpc) is 3.16. The predicted octanol–water partition coefficient (Wildman–Crippen LogP) is 2.24. The monoisotopic (exact) mass is 369 g/mol. The molecule has 27 heavy (non-hydrogen) atoms. The highest BCUT2D eigenvalue weighted by molar-refractivity contribution is 5.83. The van der Waals surface area contributed by atoms with Gasteiger partial charge in [0.25, 0.3) is 0 Å². The Labute approximate surface area is 162 Å². The maximum atomic E-state index is 12.7. The van der Waals surface area contributed by atoms with Gasteiger partial charge in [-0.2, -0.15) is 0 Å². The number of aryl methyl sites for hydroxylation is 1. The van der Waals surface area contributed by atoms with Gasteiger partial charge in [-0.05, 0) is 45.5 Å². The van der Waals surface area contributed by atoms with Crippen molar-refractivity contribution in [1.82, 2.24) is 19.4 Å². The molecule has 1 aliphatic heterocycles. The van der Waals surface area contributed by atoms with Gasteiger partial charge in [-0.25, -0.2) is 4.98 Å². The smallest absolute Gasteiger partial charge is 0.244 e. The highest BCUT2D eigenvalue weighted by atomic mass is 16.2. The summed E-state index contributed by atoms with van der Waals surface area (Å²) in [5.41, 5.74) is 7.07. The molecule has 3 rings (SSSR count). The molecule has 146 valence electrons. The maximum absolute atomic E-state index is 12.7. The first kappa shape index (κ1) is 19.6. The van der Waals surface area contributed by atoms with Crippen LogP contribution in [0.15, 0.2) is 42.7 Å². The van der Waals surface area contributed by atoms with Crippen LogP contribution in [-0.2, 0) is 11.3 Å². The second-order valence-corrected chi connectivity index (χ2v) is 7.62. The number of carbonyl (C=O) groups excluding carboxylic acids is 1. The number of nitrogens with two attached hydrogens (primary N) is 1. The second kappa shape index (κ2) is 9.15. The lowest BCUT2D eigenvalue weighted by molar-refractivity contribution is -0.133. The number of amides is 1. The van der Waals surface area contributed by atoms with E-state index in [9.17, 15) is 4.79 Å². The van der Waals surface area contributed by atoms with Gasteiger partial charge in [-0.15, -0.1) is 0 Å². The maximum Gasteiger partial charge on any atom is 0.244 e. The van der Waals surface area contributed by atoms with Gasteiger partial charge < -0.3 is 20.1 Å². The topological polar surface area (TPSA) is 67.4 Å². The molecule has 1 aromatic heterocycles. The van der Waals surface area contributed by atoms with Crippen molar-refractivity contribution in [3.63, 3.8) is 0 Å². The van der Waals surface area contributed by atoms with E-state index in [1.165, 1.54) is 0 Å². The molecule has 1 unspecified atom stereocenters. The summed E-state index contributed by atoms with van der Waals surface area (Å²) in [5, 5.41) is 0. The summed E-state index contributed by atoms with van der Waals surface area (Å²) < 4.78 is 2.28. The molecule has 0 spiro atoms. The average molecular weight is 370 g/mol. The second-order valence-electron chi connectivity index (χ2n) is 7.62. The number of imidazole rings is 1. The molecule has 0 radical (unpaired) electrons. The van der Waals surface area contributed by atoms with E-state index in [1.807, 2.05) is 41.4 Å². The third-order valence-electron chi connectivity index (χ3n) is 5.35. The Morgan fingerprint density at radius 3 is 2.63 bits per heavy atom. The van der Waals surface area contributed by atoms with Crippen LogP contribution in [0.4, 0.5) is 0 Å². The Morgan fingerprint density at radius 2 is 1.96 bits per heavy atom. The highest BCUT2D eigenvalue weighted by Crippen LogP contribution is 2.28. The molecule has 1 aromatic carbocycles. The van der Waals surface area contributed by atoms with E-state index in [1.54, 1.807) is 0 Å². The Kier molecular flexibility index (Phi) is 6.63. The molecular formula is C21H31N5O. The molecular weight excluding hydrogens is 338 g/mol. The van der Waals surface area contributed by atoms with Crippen LogP contribution in [0, 0.1) is 0 Å². The normalized spacial score (nSPS) is 16.7. The molecule has 0 saturated carbocycles. The highest BCUT2D eigenvalue weighted by Gasteiger charge is 2.29. The largest absolute Gasteiger partial charge is 0.341 e. The summed E-state index contributed by atoms with van der Waals surface area (Å²) in [4.78, 5) is 21.5. The summed E-state index contributed by atoms with van der Waals surface area (Å²) >= 11 is 0. The van der Waals surface area contributed by atoms with Gasteiger partial charge in [0, 0.05) is 37.9 Å². The molecule has 0 bridgehead atoms. The van der Waals surface area contributed by atoms with Crippen molar-refractivity contribution < 1.29 is 4.79 Å². The minimum absolute atomic E-state index is 0.0222. The third-order valence-corrected chi connectivity index (χ3v) is 5.35. The van der Waals surface area contributed by atoms with Crippen LogP contribution >= 0.6 is 0 Å². The first-order valence-electron chi connectivity index (χ1n) is 9.81. The number of likely N-dealkylation sites (tertiary alicyclic amines) is 1. The number of hydrogen-bond acceptors (Lipinski definition) is 4. The van der Waals surface area contributed by atoms with Crippen molar-refractivity contribution >= 4 is 5.91 Å². The van der Waals surface area contributed by atoms with E-state index in [2.05, 4.69) is 34.7 Å².